The van der Waals surface area contributed by atoms with Crippen molar-refractivity contribution in [2.24, 2.45) is 5.41 Å². The molecule has 0 aliphatic rings. The molecule has 0 bridgehead atoms. The number of fused-ring (bicyclic) bond motifs is 1. The number of benzene rings is 1. The van der Waals surface area contributed by atoms with Crippen molar-refractivity contribution in [2.75, 3.05) is 0 Å². The van der Waals surface area contributed by atoms with Gasteiger partial charge in [0.05, 0.1) is 22.7 Å². The van der Waals surface area contributed by atoms with Gasteiger partial charge in [-0.15, -0.1) is 0 Å². The first-order valence-electron chi connectivity index (χ1n) is 5.53. The Morgan fingerprint density at radius 2 is 2.12 bits per heavy atom. The fourth-order valence-corrected chi connectivity index (χ4v) is 2.13. The second-order valence-corrected chi connectivity index (χ2v) is 5.81. The van der Waals surface area contributed by atoms with Crippen LogP contribution in [0.15, 0.2) is 18.2 Å². The van der Waals surface area contributed by atoms with Crippen molar-refractivity contribution in [1.82, 2.24) is 9.55 Å². The average molecular weight is 245 g/mol. The molecule has 1 N–H and O–H groups in total. The summed E-state index contributed by atoms with van der Waals surface area (Å²) in [6.07, 6.45) is 0. The molecule has 0 radical (unpaired) electrons. The maximum absolute atomic E-state index is 8.93. The van der Waals surface area contributed by atoms with Crippen LogP contribution in [-0.4, -0.2) is 9.55 Å². The number of rotatable bonds is 1. The number of nitrogens with zero attached hydrogens (tertiary/aromatic N) is 2. The number of imidazole rings is 1. The minimum absolute atomic E-state index is 0.149. The molecule has 88 valence electrons. The normalized spacial score (nSPS) is 11.6. The molecule has 0 fully saturated rings. The first-order valence-corrected chi connectivity index (χ1v) is 5.94. The van der Waals surface area contributed by atoms with Gasteiger partial charge in [0.2, 0.25) is 0 Å². The highest BCUT2D eigenvalue weighted by molar-refractivity contribution is 7.71. The number of aromatic nitrogens is 2. The van der Waals surface area contributed by atoms with Crippen LogP contribution in [0.25, 0.3) is 11.0 Å². The summed E-state index contributed by atoms with van der Waals surface area (Å²) in [5.74, 6) is 0. The molecule has 2 aromatic rings. The third kappa shape index (κ3) is 2.40. The highest BCUT2D eigenvalue weighted by Crippen LogP contribution is 2.22. The largest absolute Gasteiger partial charge is 0.331 e. The van der Waals surface area contributed by atoms with Crippen LogP contribution in [0.5, 0.6) is 0 Å². The number of hydrogen-bond donors (Lipinski definition) is 1. The first-order chi connectivity index (χ1) is 7.90. The Bertz CT molecular complexity index is 650. The van der Waals surface area contributed by atoms with Crippen molar-refractivity contribution >= 4 is 23.3 Å². The molecule has 0 aliphatic carbocycles. The predicted octanol–water partition coefficient (Wildman–Crippen LogP) is 3.62. The Balaban J connectivity index is 2.65. The summed E-state index contributed by atoms with van der Waals surface area (Å²) in [4.78, 5) is 3.17. The Morgan fingerprint density at radius 3 is 2.71 bits per heavy atom. The average Bonchev–Trinajstić information content (AvgIpc) is 2.53. The van der Waals surface area contributed by atoms with Gasteiger partial charge in [-0.1, -0.05) is 20.8 Å². The van der Waals surface area contributed by atoms with Gasteiger partial charge in [-0.25, -0.2) is 0 Å². The van der Waals surface area contributed by atoms with E-state index < -0.39 is 0 Å². The smallest absolute Gasteiger partial charge is 0.178 e. The van der Waals surface area contributed by atoms with E-state index in [-0.39, 0.29) is 5.41 Å². The Hall–Kier alpha value is -1.60. The van der Waals surface area contributed by atoms with Crippen molar-refractivity contribution in [2.45, 2.75) is 27.3 Å². The van der Waals surface area contributed by atoms with Crippen molar-refractivity contribution in [3.8, 4) is 6.07 Å². The molecule has 3 nitrogen and oxygen atoms in total. The number of nitriles is 1. The molecule has 0 atom stereocenters. The molecular weight excluding hydrogens is 230 g/mol. The van der Waals surface area contributed by atoms with Gasteiger partial charge in [0, 0.05) is 6.54 Å². The van der Waals surface area contributed by atoms with Gasteiger partial charge in [-0.3, -0.25) is 0 Å². The molecule has 17 heavy (non-hydrogen) atoms. The minimum Gasteiger partial charge on any atom is -0.331 e. The Morgan fingerprint density at radius 1 is 1.41 bits per heavy atom. The molecular formula is C13H15N3S. The Kier molecular flexibility index (Phi) is 2.80. The zero-order valence-electron chi connectivity index (χ0n) is 10.2. The lowest BCUT2D eigenvalue weighted by Crippen LogP contribution is -2.15. The van der Waals surface area contributed by atoms with Crippen LogP contribution in [0.2, 0.25) is 0 Å². The fourth-order valence-electron chi connectivity index (χ4n) is 1.85. The van der Waals surface area contributed by atoms with Crippen molar-refractivity contribution in [1.29, 1.82) is 5.26 Å². The van der Waals surface area contributed by atoms with E-state index in [0.717, 1.165) is 17.6 Å². The maximum Gasteiger partial charge on any atom is 0.178 e. The third-order valence-electron chi connectivity index (χ3n) is 2.54. The van der Waals surface area contributed by atoms with Gasteiger partial charge in [-0.2, -0.15) is 5.26 Å². The molecule has 0 amide bonds. The summed E-state index contributed by atoms with van der Waals surface area (Å²) >= 11 is 5.32. The lowest BCUT2D eigenvalue weighted by atomic mass is 9.97. The van der Waals surface area contributed by atoms with Gasteiger partial charge >= 0.3 is 0 Å². The zero-order chi connectivity index (χ0) is 12.6. The molecule has 0 saturated heterocycles. The van der Waals surface area contributed by atoms with Gasteiger partial charge in [-0.05, 0) is 35.8 Å². The summed E-state index contributed by atoms with van der Waals surface area (Å²) in [6.45, 7) is 7.34. The van der Waals surface area contributed by atoms with E-state index in [0.29, 0.717) is 10.3 Å². The topological polar surface area (TPSA) is 44.5 Å². The summed E-state index contributed by atoms with van der Waals surface area (Å²) in [5, 5.41) is 8.93. The molecule has 1 heterocycles. The summed E-state index contributed by atoms with van der Waals surface area (Å²) in [5.41, 5.74) is 2.80. The predicted molar refractivity (Wildman–Crippen MR) is 71.3 cm³/mol. The maximum atomic E-state index is 8.93. The van der Waals surface area contributed by atoms with Crippen molar-refractivity contribution in [3.63, 3.8) is 0 Å². The van der Waals surface area contributed by atoms with E-state index in [9.17, 15) is 0 Å². The highest BCUT2D eigenvalue weighted by Gasteiger charge is 2.14. The van der Waals surface area contributed by atoms with Crippen LogP contribution < -0.4 is 0 Å². The van der Waals surface area contributed by atoms with Gasteiger partial charge < -0.3 is 9.55 Å². The second kappa shape index (κ2) is 4.01. The van der Waals surface area contributed by atoms with Crippen molar-refractivity contribution in [3.05, 3.63) is 28.5 Å². The third-order valence-corrected chi connectivity index (χ3v) is 2.86. The monoisotopic (exact) mass is 245 g/mol. The number of H-pyrrole nitrogens is 1. The van der Waals surface area contributed by atoms with E-state index in [1.165, 1.54) is 0 Å². The number of hydrogen-bond acceptors (Lipinski definition) is 2. The summed E-state index contributed by atoms with van der Waals surface area (Å²) < 4.78 is 2.77. The first kappa shape index (κ1) is 11.9. The molecule has 1 aromatic heterocycles. The number of aromatic amines is 1. The van der Waals surface area contributed by atoms with Crippen LogP contribution in [0.3, 0.4) is 0 Å². The van der Waals surface area contributed by atoms with Gasteiger partial charge in [0.15, 0.2) is 4.77 Å². The summed E-state index contributed by atoms with van der Waals surface area (Å²) in [6, 6.07) is 7.75. The van der Waals surface area contributed by atoms with Crippen LogP contribution in [0.1, 0.15) is 26.3 Å². The highest BCUT2D eigenvalue weighted by atomic mass is 32.1. The molecule has 0 saturated carbocycles. The van der Waals surface area contributed by atoms with Crippen molar-refractivity contribution < 1.29 is 0 Å². The van der Waals surface area contributed by atoms with Crippen LogP contribution >= 0.6 is 12.2 Å². The lowest BCUT2D eigenvalue weighted by molar-refractivity contribution is 0.346. The summed E-state index contributed by atoms with van der Waals surface area (Å²) in [7, 11) is 0. The molecule has 1 aromatic carbocycles. The van der Waals surface area contributed by atoms with E-state index in [4.69, 9.17) is 17.5 Å². The van der Waals surface area contributed by atoms with Gasteiger partial charge in [0.25, 0.3) is 0 Å². The van der Waals surface area contributed by atoms with Crippen LogP contribution in [0.4, 0.5) is 0 Å². The fraction of sp³-hybridized carbons (Fsp3) is 0.385. The van der Waals surface area contributed by atoms with E-state index in [1.54, 1.807) is 6.07 Å². The quantitative estimate of drug-likeness (QED) is 0.780. The molecule has 4 heteroatoms. The standard InChI is InChI=1S/C13H15N3S/c1-13(2,3)8-16-11-6-9(7-14)4-5-10(11)15-12(16)17/h4-6H,8H2,1-3H3,(H,15,17). The zero-order valence-corrected chi connectivity index (χ0v) is 11.1. The molecule has 2 rings (SSSR count). The Labute approximate surface area is 106 Å². The molecule has 0 unspecified atom stereocenters. The molecule has 0 aliphatic heterocycles. The van der Waals surface area contributed by atoms with Crippen LogP contribution in [-0.2, 0) is 6.54 Å². The molecule has 0 spiro atoms. The number of nitrogens with one attached hydrogen (secondary N) is 1. The SMILES string of the molecule is CC(C)(C)Cn1c(=S)[nH]c2ccc(C#N)cc21. The van der Waals surface area contributed by atoms with Crippen LogP contribution in [0, 0.1) is 21.5 Å². The van der Waals surface area contributed by atoms with Gasteiger partial charge in [0.1, 0.15) is 0 Å². The minimum atomic E-state index is 0.149. The van der Waals surface area contributed by atoms with E-state index in [2.05, 4.69) is 36.4 Å². The second-order valence-electron chi connectivity index (χ2n) is 5.42. The van der Waals surface area contributed by atoms with E-state index in [1.807, 2.05) is 12.1 Å². The lowest BCUT2D eigenvalue weighted by Gasteiger charge is -2.19. The van der Waals surface area contributed by atoms with E-state index >= 15 is 0 Å².